The van der Waals surface area contributed by atoms with E-state index < -0.39 is 0 Å². The number of para-hydroxylation sites is 1. The van der Waals surface area contributed by atoms with E-state index in [-0.39, 0.29) is 6.03 Å². The van der Waals surface area contributed by atoms with E-state index in [4.69, 9.17) is 14.7 Å². The molecule has 124 valence electrons. The molecule has 2 aromatic carbocycles. The minimum atomic E-state index is -0.381. The maximum Gasteiger partial charge on any atom is 0.319 e. The summed E-state index contributed by atoms with van der Waals surface area (Å²) < 4.78 is 10.9. The molecule has 0 radical (unpaired) electrons. The zero-order chi connectivity index (χ0) is 17.2. The Morgan fingerprint density at radius 1 is 1.08 bits per heavy atom. The van der Waals surface area contributed by atoms with Crippen LogP contribution >= 0.6 is 0 Å². The van der Waals surface area contributed by atoms with Crippen LogP contribution in [0.2, 0.25) is 0 Å². The summed E-state index contributed by atoms with van der Waals surface area (Å²) in [6, 6.07) is 15.8. The molecule has 6 nitrogen and oxygen atoms in total. The van der Waals surface area contributed by atoms with Gasteiger partial charge in [-0.1, -0.05) is 12.1 Å². The molecule has 0 aliphatic heterocycles. The van der Waals surface area contributed by atoms with Crippen molar-refractivity contribution < 1.29 is 14.3 Å². The van der Waals surface area contributed by atoms with Crippen LogP contribution in [0.25, 0.3) is 0 Å². The number of urea groups is 1. The third-order valence-corrected chi connectivity index (χ3v) is 3.09. The highest BCUT2D eigenvalue weighted by molar-refractivity contribution is 5.90. The van der Waals surface area contributed by atoms with Crippen molar-refractivity contribution in [1.29, 1.82) is 5.26 Å². The fourth-order valence-electron chi connectivity index (χ4n) is 1.99. The van der Waals surface area contributed by atoms with E-state index in [9.17, 15) is 4.79 Å². The van der Waals surface area contributed by atoms with Crippen molar-refractivity contribution >= 4 is 11.7 Å². The molecule has 0 heterocycles. The molecule has 0 unspecified atom stereocenters. The Labute approximate surface area is 141 Å². The molecule has 0 saturated heterocycles. The van der Waals surface area contributed by atoms with E-state index in [2.05, 4.69) is 10.6 Å². The van der Waals surface area contributed by atoms with Gasteiger partial charge in [0.2, 0.25) is 0 Å². The Balaban J connectivity index is 1.72. The number of amides is 2. The number of nitrogens with one attached hydrogen (secondary N) is 2. The van der Waals surface area contributed by atoms with Gasteiger partial charge < -0.3 is 20.1 Å². The van der Waals surface area contributed by atoms with E-state index in [1.807, 2.05) is 37.3 Å². The SMILES string of the molecule is CCOc1ccc(OCCNC(=O)Nc2ccccc2C#N)cc1. The van der Waals surface area contributed by atoms with E-state index >= 15 is 0 Å². The van der Waals surface area contributed by atoms with E-state index in [0.29, 0.717) is 36.8 Å². The van der Waals surface area contributed by atoms with Crippen LogP contribution in [-0.4, -0.2) is 25.8 Å². The molecule has 0 atom stereocenters. The average molecular weight is 325 g/mol. The van der Waals surface area contributed by atoms with Gasteiger partial charge in [-0.15, -0.1) is 0 Å². The molecule has 2 aromatic rings. The largest absolute Gasteiger partial charge is 0.494 e. The number of benzene rings is 2. The van der Waals surface area contributed by atoms with Crippen LogP contribution in [0.1, 0.15) is 12.5 Å². The van der Waals surface area contributed by atoms with Crippen molar-refractivity contribution in [3.05, 3.63) is 54.1 Å². The van der Waals surface area contributed by atoms with Gasteiger partial charge in [-0.3, -0.25) is 0 Å². The summed E-state index contributed by atoms with van der Waals surface area (Å²) in [5, 5.41) is 14.3. The summed E-state index contributed by atoms with van der Waals surface area (Å²) in [4.78, 5) is 11.8. The molecular formula is C18H19N3O3. The second kappa shape index (κ2) is 9.06. The molecule has 24 heavy (non-hydrogen) atoms. The Kier molecular flexibility index (Phi) is 6.47. The number of nitrogens with zero attached hydrogens (tertiary/aromatic N) is 1. The smallest absolute Gasteiger partial charge is 0.319 e. The number of hydrogen-bond donors (Lipinski definition) is 2. The minimum absolute atomic E-state index is 0.335. The molecule has 0 spiro atoms. The van der Waals surface area contributed by atoms with E-state index in [1.165, 1.54) is 0 Å². The van der Waals surface area contributed by atoms with Gasteiger partial charge in [0.15, 0.2) is 0 Å². The number of hydrogen-bond acceptors (Lipinski definition) is 4. The Morgan fingerprint density at radius 3 is 2.42 bits per heavy atom. The summed E-state index contributed by atoms with van der Waals surface area (Å²) >= 11 is 0. The number of rotatable bonds is 7. The summed E-state index contributed by atoms with van der Waals surface area (Å²) in [5.41, 5.74) is 0.892. The zero-order valence-electron chi connectivity index (χ0n) is 13.4. The minimum Gasteiger partial charge on any atom is -0.494 e. The Hall–Kier alpha value is -3.20. The Bertz CT molecular complexity index is 708. The van der Waals surface area contributed by atoms with Crippen molar-refractivity contribution in [3.8, 4) is 17.6 Å². The monoisotopic (exact) mass is 325 g/mol. The predicted molar refractivity (Wildman–Crippen MR) is 91.3 cm³/mol. The highest BCUT2D eigenvalue weighted by Gasteiger charge is 2.05. The van der Waals surface area contributed by atoms with Crippen LogP contribution in [0.15, 0.2) is 48.5 Å². The van der Waals surface area contributed by atoms with Crippen LogP contribution in [0, 0.1) is 11.3 Å². The molecule has 0 aliphatic carbocycles. The lowest BCUT2D eigenvalue weighted by Crippen LogP contribution is -2.32. The van der Waals surface area contributed by atoms with Gasteiger partial charge in [-0.2, -0.15) is 5.26 Å². The van der Waals surface area contributed by atoms with Crippen molar-refractivity contribution in [2.75, 3.05) is 25.1 Å². The van der Waals surface area contributed by atoms with Gasteiger partial charge in [-0.25, -0.2) is 4.79 Å². The lowest BCUT2D eigenvalue weighted by molar-refractivity contribution is 0.247. The fourth-order valence-corrected chi connectivity index (χ4v) is 1.99. The number of nitriles is 1. The lowest BCUT2D eigenvalue weighted by Gasteiger charge is -2.10. The maximum absolute atomic E-state index is 11.8. The van der Waals surface area contributed by atoms with Gasteiger partial charge in [0.1, 0.15) is 24.2 Å². The number of carbonyl (C=O) groups is 1. The molecule has 2 amide bonds. The average Bonchev–Trinajstić information content (AvgIpc) is 2.61. The first-order valence-electron chi connectivity index (χ1n) is 7.62. The molecule has 0 aliphatic rings. The van der Waals surface area contributed by atoms with Crippen LogP contribution in [0.5, 0.6) is 11.5 Å². The van der Waals surface area contributed by atoms with Gasteiger partial charge in [-0.05, 0) is 43.3 Å². The summed E-state index contributed by atoms with van der Waals surface area (Å²) in [5.74, 6) is 1.49. The molecular weight excluding hydrogens is 306 g/mol. The highest BCUT2D eigenvalue weighted by atomic mass is 16.5. The predicted octanol–water partition coefficient (Wildman–Crippen LogP) is 3.16. The summed E-state index contributed by atoms with van der Waals surface area (Å²) in [7, 11) is 0. The quantitative estimate of drug-likeness (QED) is 0.766. The van der Waals surface area contributed by atoms with Crippen molar-refractivity contribution in [2.45, 2.75) is 6.92 Å². The summed E-state index contributed by atoms with van der Waals surface area (Å²) in [6.07, 6.45) is 0. The van der Waals surface area contributed by atoms with Crippen molar-refractivity contribution in [3.63, 3.8) is 0 Å². The first kappa shape index (κ1) is 17.2. The molecule has 2 N–H and O–H groups in total. The number of ether oxygens (including phenoxy) is 2. The first-order chi connectivity index (χ1) is 11.7. The van der Waals surface area contributed by atoms with Crippen molar-refractivity contribution in [1.82, 2.24) is 5.32 Å². The lowest BCUT2D eigenvalue weighted by atomic mass is 10.2. The van der Waals surface area contributed by atoms with Gasteiger partial charge in [0.05, 0.1) is 24.4 Å². The zero-order valence-corrected chi connectivity index (χ0v) is 13.4. The third-order valence-electron chi connectivity index (χ3n) is 3.09. The molecule has 6 heteroatoms. The number of carbonyl (C=O) groups excluding carboxylic acids is 1. The van der Waals surface area contributed by atoms with Gasteiger partial charge in [0.25, 0.3) is 0 Å². The van der Waals surface area contributed by atoms with Crippen molar-refractivity contribution in [2.24, 2.45) is 0 Å². The standard InChI is InChI=1S/C18H19N3O3/c1-2-23-15-7-9-16(10-8-15)24-12-11-20-18(22)21-17-6-4-3-5-14(17)13-19/h3-10H,2,11-12H2,1H3,(H2,20,21,22). The molecule has 2 rings (SSSR count). The molecule has 0 fully saturated rings. The Morgan fingerprint density at radius 2 is 1.75 bits per heavy atom. The maximum atomic E-state index is 11.8. The second-order valence-electron chi connectivity index (χ2n) is 4.79. The fraction of sp³-hybridized carbons (Fsp3) is 0.222. The van der Waals surface area contributed by atoms with E-state index in [0.717, 1.165) is 5.75 Å². The molecule has 0 saturated carbocycles. The normalized spacial score (nSPS) is 9.67. The van der Waals surface area contributed by atoms with Gasteiger partial charge in [0, 0.05) is 0 Å². The highest BCUT2D eigenvalue weighted by Crippen LogP contribution is 2.17. The third kappa shape index (κ3) is 5.21. The van der Waals surface area contributed by atoms with E-state index in [1.54, 1.807) is 24.3 Å². The topological polar surface area (TPSA) is 83.4 Å². The van der Waals surface area contributed by atoms with Crippen LogP contribution < -0.4 is 20.1 Å². The van der Waals surface area contributed by atoms with Crippen LogP contribution in [0.4, 0.5) is 10.5 Å². The summed E-state index contributed by atoms with van der Waals surface area (Å²) in [6.45, 7) is 3.22. The first-order valence-corrected chi connectivity index (χ1v) is 7.62. The number of anilines is 1. The van der Waals surface area contributed by atoms with Crippen LogP contribution in [0.3, 0.4) is 0 Å². The molecule has 0 bridgehead atoms. The molecule has 0 aromatic heterocycles. The van der Waals surface area contributed by atoms with Gasteiger partial charge >= 0.3 is 6.03 Å². The second-order valence-corrected chi connectivity index (χ2v) is 4.79. The van der Waals surface area contributed by atoms with Crippen LogP contribution in [-0.2, 0) is 0 Å².